The maximum atomic E-state index is 12.5. The highest BCUT2D eigenvalue weighted by molar-refractivity contribution is 8.00. The van der Waals surface area contributed by atoms with Crippen LogP contribution in [0.5, 0.6) is 0 Å². The molecule has 4 rings (SSSR count). The first kappa shape index (κ1) is 19.9. The number of hydrogen-bond donors (Lipinski definition) is 1. The number of nitrogens with one attached hydrogen (secondary N) is 1. The number of halogens is 2. The summed E-state index contributed by atoms with van der Waals surface area (Å²) in [6.07, 6.45) is 1.60. The van der Waals surface area contributed by atoms with Gasteiger partial charge >= 0.3 is 0 Å². The maximum absolute atomic E-state index is 12.5. The van der Waals surface area contributed by atoms with E-state index >= 15 is 0 Å². The van der Waals surface area contributed by atoms with Gasteiger partial charge in [-0.2, -0.15) is 0 Å². The van der Waals surface area contributed by atoms with Crippen molar-refractivity contribution in [3.05, 3.63) is 87.8 Å². The monoisotopic (exact) mass is 446 g/mol. The third-order valence-electron chi connectivity index (χ3n) is 4.51. The molecule has 0 spiro atoms. The third kappa shape index (κ3) is 4.45. The molecule has 1 atom stereocenters. The van der Waals surface area contributed by atoms with Gasteiger partial charge in [-0.25, -0.2) is 0 Å². The summed E-state index contributed by atoms with van der Waals surface area (Å²) < 4.78 is 5.38. The Hall–Kier alpha value is -2.41. The summed E-state index contributed by atoms with van der Waals surface area (Å²) >= 11 is 13.4. The van der Waals surface area contributed by atoms with Gasteiger partial charge in [-0.1, -0.05) is 35.3 Å². The Balaban J connectivity index is 1.47. The van der Waals surface area contributed by atoms with Gasteiger partial charge in [0.05, 0.1) is 28.6 Å². The highest BCUT2D eigenvalue weighted by atomic mass is 35.5. The predicted molar refractivity (Wildman–Crippen MR) is 115 cm³/mol. The Bertz CT molecular complexity index is 1040. The average molecular weight is 447 g/mol. The largest absolute Gasteiger partial charge is 0.467 e. The number of furan rings is 1. The minimum atomic E-state index is -0.252. The molecular formula is C21H16Cl2N2O3S. The Kier molecular flexibility index (Phi) is 5.85. The zero-order chi connectivity index (χ0) is 20.4. The van der Waals surface area contributed by atoms with Crippen LogP contribution in [-0.2, 0) is 11.3 Å². The van der Waals surface area contributed by atoms with E-state index in [1.165, 1.54) is 0 Å². The molecule has 0 saturated carbocycles. The van der Waals surface area contributed by atoms with Crippen LogP contribution in [0.1, 0.15) is 27.1 Å². The molecule has 1 aliphatic heterocycles. The molecule has 0 radical (unpaired) electrons. The molecule has 5 nitrogen and oxygen atoms in total. The molecule has 3 aromatic rings. The van der Waals surface area contributed by atoms with Crippen LogP contribution in [0.25, 0.3) is 0 Å². The number of rotatable bonds is 5. The van der Waals surface area contributed by atoms with Crippen LogP contribution >= 0.6 is 35.0 Å². The second-order valence-corrected chi connectivity index (χ2v) is 8.35. The van der Waals surface area contributed by atoms with Crippen molar-refractivity contribution >= 4 is 52.5 Å². The van der Waals surface area contributed by atoms with Gasteiger partial charge in [0, 0.05) is 11.3 Å². The summed E-state index contributed by atoms with van der Waals surface area (Å²) in [5, 5.41) is 3.49. The van der Waals surface area contributed by atoms with E-state index in [1.807, 2.05) is 18.2 Å². The molecule has 29 heavy (non-hydrogen) atoms. The van der Waals surface area contributed by atoms with E-state index in [2.05, 4.69) is 5.32 Å². The van der Waals surface area contributed by atoms with Crippen molar-refractivity contribution in [2.24, 2.45) is 0 Å². The van der Waals surface area contributed by atoms with Crippen molar-refractivity contribution in [2.45, 2.75) is 11.9 Å². The van der Waals surface area contributed by atoms with E-state index in [9.17, 15) is 9.59 Å². The molecule has 1 fully saturated rings. The molecule has 1 unspecified atom stereocenters. The van der Waals surface area contributed by atoms with Crippen molar-refractivity contribution in [1.29, 1.82) is 0 Å². The molecule has 8 heteroatoms. The number of carbonyl (C=O) groups is 2. The topological polar surface area (TPSA) is 62.6 Å². The SMILES string of the molecule is O=C(Nc1ccc(Cl)c(Cl)c1)c1ccc(C2SCC(=O)N2Cc2ccco2)cc1. The molecule has 1 N–H and O–H groups in total. The van der Waals surface area contributed by atoms with E-state index in [-0.39, 0.29) is 17.2 Å². The number of benzene rings is 2. The van der Waals surface area contributed by atoms with Crippen molar-refractivity contribution < 1.29 is 14.0 Å². The van der Waals surface area contributed by atoms with Crippen molar-refractivity contribution in [2.75, 3.05) is 11.1 Å². The van der Waals surface area contributed by atoms with Crippen LogP contribution in [0.2, 0.25) is 10.0 Å². The molecule has 0 bridgehead atoms. The number of carbonyl (C=O) groups excluding carboxylic acids is 2. The molecule has 148 valence electrons. The van der Waals surface area contributed by atoms with Crippen LogP contribution in [0.3, 0.4) is 0 Å². The molecule has 2 amide bonds. The zero-order valence-corrected chi connectivity index (χ0v) is 17.4. The van der Waals surface area contributed by atoms with Crippen LogP contribution in [0.15, 0.2) is 65.3 Å². The van der Waals surface area contributed by atoms with Crippen molar-refractivity contribution in [1.82, 2.24) is 4.90 Å². The van der Waals surface area contributed by atoms with Crippen molar-refractivity contribution in [3.8, 4) is 0 Å². The molecule has 2 heterocycles. The molecule has 1 aromatic heterocycles. The zero-order valence-electron chi connectivity index (χ0n) is 15.1. The summed E-state index contributed by atoms with van der Waals surface area (Å²) in [6.45, 7) is 0.420. The fourth-order valence-corrected chi connectivity index (χ4v) is 4.53. The van der Waals surface area contributed by atoms with Gasteiger partial charge in [-0.15, -0.1) is 11.8 Å². The summed E-state index contributed by atoms with van der Waals surface area (Å²) in [6, 6.07) is 15.8. The first-order valence-corrected chi connectivity index (χ1v) is 10.6. The van der Waals surface area contributed by atoms with E-state index in [4.69, 9.17) is 27.6 Å². The van der Waals surface area contributed by atoms with Gasteiger partial charge in [0.2, 0.25) is 5.91 Å². The Morgan fingerprint density at radius 3 is 2.62 bits per heavy atom. The summed E-state index contributed by atoms with van der Waals surface area (Å²) in [5.74, 6) is 0.976. The minimum Gasteiger partial charge on any atom is -0.467 e. The van der Waals surface area contributed by atoms with Gasteiger partial charge in [0.15, 0.2) is 0 Å². The fraction of sp³-hybridized carbons (Fsp3) is 0.143. The molecule has 0 aliphatic carbocycles. The number of nitrogens with zero attached hydrogens (tertiary/aromatic N) is 1. The van der Waals surface area contributed by atoms with Crippen LogP contribution in [-0.4, -0.2) is 22.5 Å². The minimum absolute atomic E-state index is 0.0674. The second kappa shape index (κ2) is 8.53. The highest BCUT2D eigenvalue weighted by Crippen LogP contribution is 2.39. The first-order chi connectivity index (χ1) is 14.0. The number of amides is 2. The lowest BCUT2D eigenvalue weighted by molar-refractivity contribution is -0.128. The number of thioether (sulfide) groups is 1. The van der Waals surface area contributed by atoms with Gasteiger partial charge < -0.3 is 14.6 Å². The van der Waals surface area contributed by atoms with Crippen LogP contribution in [0.4, 0.5) is 5.69 Å². The Labute approximate surface area is 182 Å². The summed E-state index contributed by atoms with van der Waals surface area (Å²) in [4.78, 5) is 26.6. The lowest BCUT2D eigenvalue weighted by atomic mass is 10.1. The first-order valence-electron chi connectivity index (χ1n) is 8.81. The third-order valence-corrected chi connectivity index (χ3v) is 6.50. The lowest BCUT2D eigenvalue weighted by Crippen LogP contribution is -2.27. The van der Waals surface area contributed by atoms with E-state index in [0.717, 1.165) is 11.3 Å². The molecular weight excluding hydrogens is 431 g/mol. The average Bonchev–Trinajstić information content (AvgIpc) is 3.36. The predicted octanol–water partition coefficient (Wildman–Crippen LogP) is 5.61. The Morgan fingerprint density at radius 2 is 1.93 bits per heavy atom. The number of hydrogen-bond acceptors (Lipinski definition) is 4. The molecule has 1 saturated heterocycles. The summed E-state index contributed by atoms with van der Waals surface area (Å²) in [5.41, 5.74) is 2.03. The van der Waals surface area contributed by atoms with Crippen LogP contribution < -0.4 is 5.32 Å². The fourth-order valence-electron chi connectivity index (χ4n) is 3.05. The Morgan fingerprint density at radius 1 is 1.14 bits per heavy atom. The van der Waals surface area contributed by atoms with E-state index in [1.54, 1.807) is 59.3 Å². The van der Waals surface area contributed by atoms with Gasteiger partial charge in [0.25, 0.3) is 5.91 Å². The second-order valence-electron chi connectivity index (χ2n) is 6.47. The molecule has 2 aromatic carbocycles. The van der Waals surface area contributed by atoms with E-state index < -0.39 is 0 Å². The van der Waals surface area contributed by atoms with Crippen LogP contribution in [0, 0.1) is 0 Å². The lowest BCUT2D eigenvalue weighted by Gasteiger charge is -2.23. The van der Waals surface area contributed by atoms with E-state index in [0.29, 0.717) is 33.6 Å². The van der Waals surface area contributed by atoms with Gasteiger partial charge in [-0.3, -0.25) is 9.59 Å². The maximum Gasteiger partial charge on any atom is 0.255 e. The smallest absolute Gasteiger partial charge is 0.255 e. The van der Waals surface area contributed by atoms with Gasteiger partial charge in [-0.05, 0) is 48.0 Å². The normalized spacial score (nSPS) is 16.3. The highest BCUT2D eigenvalue weighted by Gasteiger charge is 2.33. The van der Waals surface area contributed by atoms with Crippen molar-refractivity contribution in [3.63, 3.8) is 0 Å². The quantitative estimate of drug-likeness (QED) is 0.552. The standard InChI is InChI=1S/C21H16Cl2N2O3S/c22-17-8-7-15(10-18(17)23)24-20(27)13-3-5-14(6-4-13)21-25(19(26)12-29-21)11-16-2-1-9-28-16/h1-10,21H,11-12H2,(H,24,27). The van der Waals surface area contributed by atoms with Gasteiger partial charge in [0.1, 0.15) is 11.1 Å². The number of anilines is 1. The molecule has 1 aliphatic rings. The summed E-state index contributed by atoms with van der Waals surface area (Å²) in [7, 11) is 0.